The number of halogens is 2. The Morgan fingerprint density at radius 3 is 1.78 bits per heavy atom. The van der Waals surface area contributed by atoms with Crippen LogP contribution in [0.1, 0.15) is 43.0 Å². The molecule has 1 rings (SSSR count). The van der Waals surface area contributed by atoms with E-state index in [1.54, 1.807) is 12.1 Å². The average molecular weight is 256 g/mol. The second-order valence-corrected chi connectivity index (χ2v) is 5.61. The number of alkyl halides is 2. The Morgan fingerprint density at radius 1 is 1.11 bits per heavy atom. The van der Waals surface area contributed by atoms with Crippen molar-refractivity contribution in [2.24, 2.45) is 0 Å². The van der Waals surface area contributed by atoms with Crippen LogP contribution in [0.2, 0.25) is 0 Å². The van der Waals surface area contributed by atoms with Crippen molar-refractivity contribution >= 4 is 5.97 Å². The van der Waals surface area contributed by atoms with E-state index >= 15 is 0 Å². The maximum Gasteiger partial charge on any atom is 0.379 e. The smallest absolute Gasteiger partial charge is 0.379 e. The highest BCUT2D eigenvalue weighted by atomic mass is 19.3. The number of carboxylic acids is 1. The maximum absolute atomic E-state index is 13.6. The Hall–Kier alpha value is -1.45. The van der Waals surface area contributed by atoms with E-state index < -0.39 is 17.5 Å². The Kier molecular flexibility index (Phi) is 3.52. The van der Waals surface area contributed by atoms with Gasteiger partial charge in [0.25, 0.3) is 0 Å². The van der Waals surface area contributed by atoms with Crippen LogP contribution in [0.3, 0.4) is 0 Å². The fraction of sp³-hybridized carbons (Fsp3) is 0.500. The van der Waals surface area contributed by atoms with Gasteiger partial charge >= 0.3 is 11.9 Å². The van der Waals surface area contributed by atoms with Crippen LogP contribution in [-0.2, 0) is 16.1 Å². The molecule has 0 amide bonds. The third-order valence-electron chi connectivity index (χ3n) is 2.98. The van der Waals surface area contributed by atoms with E-state index in [1.165, 1.54) is 13.8 Å². The molecule has 0 radical (unpaired) electrons. The molecule has 0 aliphatic rings. The van der Waals surface area contributed by atoms with Gasteiger partial charge in [0, 0.05) is 5.56 Å². The third kappa shape index (κ3) is 2.52. The molecule has 1 aromatic rings. The first kappa shape index (κ1) is 14.6. The van der Waals surface area contributed by atoms with E-state index in [-0.39, 0.29) is 5.41 Å². The minimum absolute atomic E-state index is 0.160. The number of carboxylic acid groups (broad SMARTS) is 1. The third-order valence-corrected chi connectivity index (χ3v) is 2.98. The molecule has 0 saturated carbocycles. The van der Waals surface area contributed by atoms with Crippen LogP contribution in [-0.4, -0.2) is 11.1 Å². The molecule has 0 aliphatic carbocycles. The summed E-state index contributed by atoms with van der Waals surface area (Å²) in [6.45, 7) is 8.99. The lowest BCUT2D eigenvalue weighted by Gasteiger charge is -2.24. The van der Waals surface area contributed by atoms with Crippen LogP contribution in [0.15, 0.2) is 12.1 Å². The summed E-state index contributed by atoms with van der Waals surface area (Å²) in [6.07, 6.45) is 0. The molecule has 18 heavy (non-hydrogen) atoms. The number of aryl methyl sites for hydroxylation is 2. The van der Waals surface area contributed by atoms with Gasteiger partial charge in [0.1, 0.15) is 0 Å². The summed E-state index contributed by atoms with van der Waals surface area (Å²) >= 11 is 0. The van der Waals surface area contributed by atoms with Crippen LogP contribution in [0.5, 0.6) is 0 Å². The minimum Gasteiger partial charge on any atom is -0.477 e. The molecule has 1 N–H and O–H groups in total. The van der Waals surface area contributed by atoms with Crippen LogP contribution < -0.4 is 0 Å². The van der Waals surface area contributed by atoms with Crippen LogP contribution in [0.25, 0.3) is 0 Å². The largest absolute Gasteiger partial charge is 0.477 e. The molecule has 0 bridgehead atoms. The first-order valence-corrected chi connectivity index (χ1v) is 5.71. The number of hydrogen-bond acceptors (Lipinski definition) is 1. The van der Waals surface area contributed by atoms with Gasteiger partial charge in [0.15, 0.2) is 0 Å². The van der Waals surface area contributed by atoms with Gasteiger partial charge in [-0.05, 0) is 36.0 Å². The SMILES string of the molecule is Cc1cc(C(C)(C)C)cc(C)c1C(F)(F)C(=O)O. The van der Waals surface area contributed by atoms with Crippen LogP contribution in [0, 0.1) is 13.8 Å². The van der Waals surface area contributed by atoms with Crippen molar-refractivity contribution in [3.05, 3.63) is 34.4 Å². The lowest BCUT2D eigenvalue weighted by molar-refractivity contribution is -0.166. The lowest BCUT2D eigenvalue weighted by Crippen LogP contribution is -2.28. The summed E-state index contributed by atoms with van der Waals surface area (Å²) < 4.78 is 27.3. The number of rotatable bonds is 2. The first-order chi connectivity index (χ1) is 7.98. The van der Waals surface area contributed by atoms with Crippen molar-refractivity contribution in [3.8, 4) is 0 Å². The topological polar surface area (TPSA) is 37.3 Å². The molecule has 0 aromatic heterocycles. The van der Waals surface area contributed by atoms with E-state index in [0.29, 0.717) is 11.1 Å². The molecule has 0 aliphatic heterocycles. The standard InChI is InChI=1S/C14H18F2O2/c1-8-6-10(13(3,4)5)7-9(2)11(8)14(15,16)12(17)18/h6-7H,1-5H3,(H,17,18). The van der Waals surface area contributed by atoms with Gasteiger partial charge in [-0.1, -0.05) is 32.9 Å². The minimum atomic E-state index is -3.84. The van der Waals surface area contributed by atoms with Gasteiger partial charge in [0.2, 0.25) is 0 Å². The zero-order valence-electron chi connectivity index (χ0n) is 11.3. The molecule has 0 spiro atoms. The number of hydrogen-bond donors (Lipinski definition) is 1. The summed E-state index contributed by atoms with van der Waals surface area (Å²) in [4.78, 5) is 10.7. The van der Waals surface area contributed by atoms with Crippen molar-refractivity contribution in [2.45, 2.75) is 46.0 Å². The summed E-state index contributed by atoms with van der Waals surface area (Å²) in [7, 11) is 0. The Labute approximate surface area is 106 Å². The Balaban J connectivity index is 3.48. The molecule has 2 nitrogen and oxygen atoms in total. The van der Waals surface area contributed by atoms with Crippen molar-refractivity contribution in [3.63, 3.8) is 0 Å². The molecular formula is C14H18F2O2. The normalized spacial score (nSPS) is 12.6. The first-order valence-electron chi connectivity index (χ1n) is 5.71. The number of carbonyl (C=O) groups is 1. The van der Waals surface area contributed by atoms with Gasteiger partial charge in [-0.3, -0.25) is 0 Å². The predicted octanol–water partition coefficient (Wildman–Crippen LogP) is 3.78. The molecule has 0 heterocycles. The van der Waals surface area contributed by atoms with Gasteiger partial charge in [-0.2, -0.15) is 8.78 Å². The van der Waals surface area contributed by atoms with Gasteiger partial charge in [0.05, 0.1) is 0 Å². The highest BCUT2D eigenvalue weighted by molar-refractivity contribution is 5.78. The molecule has 4 heteroatoms. The average Bonchev–Trinajstić information content (AvgIpc) is 2.13. The lowest BCUT2D eigenvalue weighted by atomic mass is 9.83. The Bertz CT molecular complexity index is 462. The van der Waals surface area contributed by atoms with Crippen molar-refractivity contribution in [2.75, 3.05) is 0 Å². The van der Waals surface area contributed by atoms with Gasteiger partial charge < -0.3 is 5.11 Å². The van der Waals surface area contributed by atoms with Crippen LogP contribution in [0.4, 0.5) is 8.78 Å². The van der Waals surface area contributed by atoms with Crippen molar-refractivity contribution in [1.82, 2.24) is 0 Å². The second-order valence-electron chi connectivity index (χ2n) is 5.61. The molecule has 1 aromatic carbocycles. The van der Waals surface area contributed by atoms with Gasteiger partial charge in [-0.25, -0.2) is 4.79 Å². The van der Waals surface area contributed by atoms with E-state index in [1.807, 2.05) is 20.8 Å². The summed E-state index contributed by atoms with van der Waals surface area (Å²) in [5.74, 6) is -5.96. The molecule has 0 atom stereocenters. The summed E-state index contributed by atoms with van der Waals surface area (Å²) in [5, 5.41) is 8.62. The predicted molar refractivity (Wildman–Crippen MR) is 66.1 cm³/mol. The summed E-state index contributed by atoms with van der Waals surface area (Å²) in [5.41, 5.74) is 0.983. The maximum atomic E-state index is 13.6. The molecule has 0 saturated heterocycles. The fourth-order valence-corrected chi connectivity index (χ4v) is 2.00. The Morgan fingerprint density at radius 2 is 1.50 bits per heavy atom. The highest BCUT2D eigenvalue weighted by Gasteiger charge is 2.43. The zero-order chi connectivity index (χ0) is 14.3. The fourth-order valence-electron chi connectivity index (χ4n) is 2.00. The van der Waals surface area contributed by atoms with Crippen LogP contribution >= 0.6 is 0 Å². The van der Waals surface area contributed by atoms with E-state index in [9.17, 15) is 13.6 Å². The van der Waals surface area contributed by atoms with E-state index in [4.69, 9.17) is 5.11 Å². The molecule has 0 unspecified atom stereocenters. The van der Waals surface area contributed by atoms with Crippen molar-refractivity contribution < 1.29 is 18.7 Å². The molecular weight excluding hydrogens is 238 g/mol. The second kappa shape index (κ2) is 4.34. The number of benzene rings is 1. The zero-order valence-corrected chi connectivity index (χ0v) is 11.3. The van der Waals surface area contributed by atoms with Crippen molar-refractivity contribution in [1.29, 1.82) is 0 Å². The number of aliphatic carboxylic acids is 1. The quantitative estimate of drug-likeness (QED) is 0.874. The molecule has 0 fully saturated rings. The highest BCUT2D eigenvalue weighted by Crippen LogP contribution is 2.36. The monoisotopic (exact) mass is 256 g/mol. The molecule has 100 valence electrons. The van der Waals surface area contributed by atoms with Gasteiger partial charge in [-0.15, -0.1) is 0 Å². The van der Waals surface area contributed by atoms with E-state index in [0.717, 1.165) is 5.56 Å². The summed E-state index contributed by atoms with van der Waals surface area (Å²) in [6, 6.07) is 3.28. The van der Waals surface area contributed by atoms with E-state index in [2.05, 4.69) is 0 Å².